The van der Waals surface area contributed by atoms with Gasteiger partial charge in [-0.25, -0.2) is 0 Å². The maximum Gasteiger partial charge on any atom is 0.239 e. The van der Waals surface area contributed by atoms with E-state index in [-0.39, 0.29) is 5.91 Å². The van der Waals surface area contributed by atoms with Gasteiger partial charge >= 0.3 is 0 Å². The molecular weight excluding hydrogens is 216 g/mol. The van der Waals surface area contributed by atoms with Crippen LogP contribution in [0, 0.1) is 0 Å². The number of hydrogen-bond donors (Lipinski definition) is 2. The first-order valence-corrected chi connectivity index (χ1v) is 5.82. The van der Waals surface area contributed by atoms with Crippen LogP contribution in [0.25, 0.3) is 0 Å². The highest BCUT2D eigenvalue weighted by Gasteiger charge is 2.09. The third-order valence-electron chi connectivity index (χ3n) is 2.74. The van der Waals surface area contributed by atoms with E-state index < -0.39 is 6.10 Å². The molecule has 4 nitrogen and oxygen atoms in total. The molecule has 4 heteroatoms. The van der Waals surface area contributed by atoms with Crippen molar-refractivity contribution in [2.24, 2.45) is 0 Å². The predicted molar refractivity (Wildman–Crippen MR) is 69.0 cm³/mol. The smallest absolute Gasteiger partial charge is 0.239 e. The van der Waals surface area contributed by atoms with Crippen LogP contribution >= 0.6 is 0 Å². The molecule has 0 fully saturated rings. The molecule has 0 aliphatic heterocycles. The van der Waals surface area contributed by atoms with E-state index >= 15 is 0 Å². The Hall–Kier alpha value is -1.55. The number of carbonyl (C=O) groups is 1. The second-order valence-electron chi connectivity index (χ2n) is 3.95. The molecular formula is C13H20N2O2. The first-order valence-electron chi connectivity index (χ1n) is 5.82. The first kappa shape index (κ1) is 13.5. The molecule has 0 aromatic heterocycles. The third kappa shape index (κ3) is 3.75. The molecule has 1 amide bonds. The summed E-state index contributed by atoms with van der Waals surface area (Å²) in [4.78, 5) is 13.3. The monoisotopic (exact) mass is 236 g/mol. The molecule has 94 valence electrons. The number of amides is 1. The molecule has 17 heavy (non-hydrogen) atoms. The number of rotatable bonds is 5. The van der Waals surface area contributed by atoms with Gasteiger partial charge in [-0.3, -0.25) is 4.79 Å². The van der Waals surface area contributed by atoms with Crippen molar-refractivity contribution in [3.8, 4) is 0 Å². The number of benzene rings is 1. The Morgan fingerprint density at radius 1 is 1.41 bits per heavy atom. The fraction of sp³-hybridized carbons (Fsp3) is 0.462. The molecule has 0 saturated heterocycles. The molecule has 0 radical (unpaired) electrons. The van der Waals surface area contributed by atoms with E-state index in [0.29, 0.717) is 6.54 Å². The van der Waals surface area contributed by atoms with Gasteiger partial charge in [0.15, 0.2) is 0 Å². The van der Waals surface area contributed by atoms with Gasteiger partial charge in [0.2, 0.25) is 5.91 Å². The summed E-state index contributed by atoms with van der Waals surface area (Å²) in [5.74, 6) is -0.00791. The van der Waals surface area contributed by atoms with Crippen LogP contribution in [0.2, 0.25) is 0 Å². The van der Waals surface area contributed by atoms with Crippen molar-refractivity contribution in [1.82, 2.24) is 5.32 Å². The van der Waals surface area contributed by atoms with Gasteiger partial charge in [-0.2, -0.15) is 0 Å². The molecule has 0 bridgehead atoms. The average molecular weight is 236 g/mol. The van der Waals surface area contributed by atoms with Crippen LogP contribution in [-0.2, 0) is 4.79 Å². The van der Waals surface area contributed by atoms with Crippen LogP contribution in [0.15, 0.2) is 24.3 Å². The molecule has 0 heterocycles. The predicted octanol–water partition coefficient (Wildman–Crippen LogP) is 1.31. The molecule has 0 aliphatic carbocycles. The average Bonchev–Trinajstić information content (AvgIpc) is 2.35. The van der Waals surface area contributed by atoms with Gasteiger partial charge in [-0.1, -0.05) is 12.1 Å². The lowest BCUT2D eigenvalue weighted by atomic mass is 10.1. The van der Waals surface area contributed by atoms with Crippen molar-refractivity contribution in [3.05, 3.63) is 29.8 Å². The molecule has 1 rings (SSSR count). The van der Waals surface area contributed by atoms with Gasteiger partial charge in [0, 0.05) is 19.3 Å². The lowest BCUT2D eigenvalue weighted by Gasteiger charge is -2.22. The van der Waals surface area contributed by atoms with Gasteiger partial charge in [-0.05, 0) is 31.5 Å². The maximum atomic E-state index is 11.3. The lowest BCUT2D eigenvalue weighted by Crippen LogP contribution is -2.35. The quantitative estimate of drug-likeness (QED) is 0.810. The largest absolute Gasteiger partial charge is 0.389 e. The number of aliphatic hydroxyl groups is 1. The topological polar surface area (TPSA) is 52.6 Å². The van der Waals surface area contributed by atoms with Crippen LogP contribution in [0.1, 0.15) is 25.5 Å². The minimum atomic E-state index is -0.460. The number of anilines is 1. The number of nitrogens with zero attached hydrogens (tertiary/aromatic N) is 1. The zero-order chi connectivity index (χ0) is 12.8. The summed E-state index contributed by atoms with van der Waals surface area (Å²) in [6, 6.07) is 7.61. The number of likely N-dealkylation sites (N-methyl/N-ethyl adjacent to an activating group) is 2. The van der Waals surface area contributed by atoms with Gasteiger partial charge in [0.05, 0.1) is 12.6 Å². The van der Waals surface area contributed by atoms with Crippen LogP contribution in [-0.4, -0.2) is 31.2 Å². The summed E-state index contributed by atoms with van der Waals surface area (Å²) in [5.41, 5.74) is 1.87. The Morgan fingerprint density at radius 3 is 2.41 bits per heavy atom. The minimum absolute atomic E-state index is 0.00791. The zero-order valence-corrected chi connectivity index (χ0v) is 10.6. The fourth-order valence-corrected chi connectivity index (χ4v) is 1.60. The number of nitrogens with one attached hydrogen (secondary N) is 1. The van der Waals surface area contributed by atoms with Crippen molar-refractivity contribution in [3.63, 3.8) is 0 Å². The Kier molecular flexibility index (Phi) is 4.97. The summed E-state index contributed by atoms with van der Waals surface area (Å²) in [6.45, 7) is 4.85. The van der Waals surface area contributed by atoms with E-state index in [1.165, 1.54) is 0 Å². The van der Waals surface area contributed by atoms with E-state index in [0.717, 1.165) is 17.8 Å². The Labute approximate surface area is 102 Å². The van der Waals surface area contributed by atoms with E-state index in [2.05, 4.69) is 5.32 Å². The highest BCUT2D eigenvalue weighted by atomic mass is 16.3. The molecule has 0 spiro atoms. The summed E-state index contributed by atoms with van der Waals surface area (Å²) >= 11 is 0. The Balaban J connectivity index is 2.78. The second kappa shape index (κ2) is 6.25. The lowest BCUT2D eigenvalue weighted by molar-refractivity contribution is -0.119. The van der Waals surface area contributed by atoms with Gasteiger partial charge in [-0.15, -0.1) is 0 Å². The van der Waals surface area contributed by atoms with Crippen molar-refractivity contribution in [2.75, 3.05) is 25.0 Å². The molecule has 2 N–H and O–H groups in total. The molecule has 0 saturated carbocycles. The van der Waals surface area contributed by atoms with E-state index in [1.807, 2.05) is 36.1 Å². The maximum absolute atomic E-state index is 11.3. The van der Waals surface area contributed by atoms with Gasteiger partial charge in [0.25, 0.3) is 0 Å². The SMILES string of the molecule is CCN(CC(=O)NC)c1ccc([C@@H](C)O)cc1. The van der Waals surface area contributed by atoms with Crippen LogP contribution in [0.3, 0.4) is 0 Å². The van der Waals surface area contributed by atoms with Crippen molar-refractivity contribution in [1.29, 1.82) is 0 Å². The molecule has 1 atom stereocenters. The molecule has 1 aromatic rings. The van der Waals surface area contributed by atoms with E-state index in [4.69, 9.17) is 0 Å². The summed E-state index contributed by atoms with van der Waals surface area (Å²) in [7, 11) is 1.63. The number of hydrogen-bond acceptors (Lipinski definition) is 3. The highest BCUT2D eigenvalue weighted by molar-refractivity contribution is 5.81. The molecule has 0 aliphatic rings. The number of carbonyl (C=O) groups excluding carboxylic acids is 1. The molecule has 0 unspecified atom stereocenters. The normalized spacial score (nSPS) is 12.0. The minimum Gasteiger partial charge on any atom is -0.389 e. The Bertz CT molecular complexity index is 360. The van der Waals surface area contributed by atoms with Crippen LogP contribution in [0.4, 0.5) is 5.69 Å². The van der Waals surface area contributed by atoms with Gasteiger partial charge < -0.3 is 15.3 Å². The van der Waals surface area contributed by atoms with Crippen LogP contribution in [0.5, 0.6) is 0 Å². The zero-order valence-electron chi connectivity index (χ0n) is 10.6. The Morgan fingerprint density at radius 2 is 2.00 bits per heavy atom. The van der Waals surface area contributed by atoms with E-state index in [1.54, 1.807) is 14.0 Å². The molecule has 1 aromatic carbocycles. The fourth-order valence-electron chi connectivity index (χ4n) is 1.60. The van der Waals surface area contributed by atoms with Gasteiger partial charge in [0.1, 0.15) is 0 Å². The van der Waals surface area contributed by atoms with E-state index in [9.17, 15) is 9.90 Å². The summed E-state index contributed by atoms with van der Waals surface area (Å²) in [6.07, 6.45) is -0.460. The second-order valence-corrected chi connectivity index (χ2v) is 3.95. The third-order valence-corrected chi connectivity index (χ3v) is 2.74. The highest BCUT2D eigenvalue weighted by Crippen LogP contribution is 2.18. The summed E-state index contributed by atoms with van der Waals surface area (Å²) < 4.78 is 0. The number of aliphatic hydroxyl groups excluding tert-OH is 1. The van der Waals surface area contributed by atoms with Crippen molar-refractivity contribution in [2.45, 2.75) is 20.0 Å². The van der Waals surface area contributed by atoms with Crippen molar-refractivity contribution < 1.29 is 9.90 Å². The standard InChI is InChI=1S/C13H20N2O2/c1-4-15(9-13(17)14-3)12-7-5-11(6-8-12)10(2)16/h5-8,10,16H,4,9H2,1-3H3,(H,14,17)/t10-/m1/s1. The summed E-state index contributed by atoms with van der Waals surface area (Å²) in [5, 5.41) is 12.0. The first-order chi connectivity index (χ1) is 8.08. The van der Waals surface area contributed by atoms with Crippen molar-refractivity contribution >= 4 is 11.6 Å². The van der Waals surface area contributed by atoms with Crippen LogP contribution < -0.4 is 10.2 Å².